The molecule has 2 N–H and O–H groups in total. The number of rotatable bonds is 5. The highest BCUT2D eigenvalue weighted by atomic mass is 16.5. The third-order valence-electron chi connectivity index (χ3n) is 5.86. The van der Waals surface area contributed by atoms with Crippen molar-refractivity contribution in [3.05, 3.63) is 35.9 Å². The Morgan fingerprint density at radius 2 is 1.88 bits per heavy atom. The Labute approximate surface area is 152 Å². The number of benzene rings is 1. The molecule has 1 saturated carbocycles. The van der Waals surface area contributed by atoms with E-state index in [9.17, 15) is 0 Å². The van der Waals surface area contributed by atoms with Crippen LogP contribution in [-0.4, -0.2) is 32.2 Å². The number of hydrogen-bond acceptors (Lipinski definition) is 2. The molecule has 1 aromatic carbocycles. The summed E-state index contributed by atoms with van der Waals surface area (Å²) in [4.78, 5) is 4.43. The van der Waals surface area contributed by atoms with Gasteiger partial charge in [-0.25, -0.2) is 0 Å². The molecule has 0 amide bonds. The van der Waals surface area contributed by atoms with Gasteiger partial charge in [0.1, 0.15) is 0 Å². The normalized spacial score (nSPS) is 30.2. The highest BCUT2D eigenvalue weighted by Gasteiger charge is 2.29. The van der Waals surface area contributed by atoms with E-state index in [-0.39, 0.29) is 6.10 Å². The van der Waals surface area contributed by atoms with Gasteiger partial charge in [-0.3, -0.25) is 4.99 Å². The van der Waals surface area contributed by atoms with Crippen molar-refractivity contribution in [2.24, 2.45) is 16.8 Å². The molecule has 1 saturated heterocycles. The topological polar surface area (TPSA) is 45.7 Å². The molecule has 0 radical (unpaired) electrons. The lowest BCUT2D eigenvalue weighted by molar-refractivity contribution is 0.0915. The van der Waals surface area contributed by atoms with Gasteiger partial charge in [0.15, 0.2) is 5.96 Å². The molecule has 4 nitrogen and oxygen atoms in total. The summed E-state index contributed by atoms with van der Waals surface area (Å²) in [6.07, 6.45) is 7.84. The Balaban J connectivity index is 1.48. The van der Waals surface area contributed by atoms with Gasteiger partial charge in [0.2, 0.25) is 0 Å². The number of nitrogens with zero attached hydrogens (tertiary/aromatic N) is 1. The Morgan fingerprint density at radius 1 is 1.12 bits per heavy atom. The SMILES string of the molecule is CCC1CCC(NC(=NC)NCC2CCOC2c2ccccc2)CC1. The summed E-state index contributed by atoms with van der Waals surface area (Å²) >= 11 is 0. The van der Waals surface area contributed by atoms with Crippen molar-refractivity contribution in [1.82, 2.24) is 10.6 Å². The van der Waals surface area contributed by atoms with Crippen molar-refractivity contribution in [2.75, 3.05) is 20.2 Å². The van der Waals surface area contributed by atoms with Gasteiger partial charge in [-0.05, 0) is 43.6 Å². The van der Waals surface area contributed by atoms with Crippen molar-refractivity contribution in [1.29, 1.82) is 0 Å². The Kier molecular flexibility index (Phi) is 6.74. The molecule has 0 spiro atoms. The van der Waals surface area contributed by atoms with Gasteiger partial charge in [-0.1, -0.05) is 43.7 Å². The molecule has 1 heterocycles. The van der Waals surface area contributed by atoms with Gasteiger partial charge >= 0.3 is 0 Å². The van der Waals surface area contributed by atoms with E-state index in [0.29, 0.717) is 12.0 Å². The van der Waals surface area contributed by atoms with Crippen LogP contribution in [0, 0.1) is 11.8 Å². The van der Waals surface area contributed by atoms with Gasteiger partial charge in [0.05, 0.1) is 6.10 Å². The number of nitrogens with one attached hydrogen (secondary N) is 2. The average molecular weight is 344 g/mol. The number of guanidine groups is 1. The predicted molar refractivity (Wildman–Crippen MR) is 104 cm³/mol. The first-order chi connectivity index (χ1) is 12.3. The van der Waals surface area contributed by atoms with Crippen LogP contribution in [0.15, 0.2) is 35.3 Å². The quantitative estimate of drug-likeness (QED) is 0.630. The molecule has 25 heavy (non-hydrogen) atoms. The van der Waals surface area contributed by atoms with Crippen molar-refractivity contribution >= 4 is 5.96 Å². The third-order valence-corrected chi connectivity index (χ3v) is 5.86. The molecule has 2 aliphatic rings. The molecule has 1 aliphatic heterocycles. The first-order valence-corrected chi connectivity index (χ1v) is 9.93. The van der Waals surface area contributed by atoms with Crippen molar-refractivity contribution in [2.45, 2.75) is 57.6 Å². The summed E-state index contributed by atoms with van der Waals surface area (Å²) < 4.78 is 5.99. The highest BCUT2D eigenvalue weighted by Crippen LogP contribution is 2.33. The van der Waals surface area contributed by atoms with Gasteiger partial charge in [0, 0.05) is 32.2 Å². The van der Waals surface area contributed by atoms with Crippen LogP contribution < -0.4 is 10.6 Å². The molecule has 1 aromatic rings. The minimum absolute atomic E-state index is 0.201. The van der Waals surface area contributed by atoms with Crippen molar-refractivity contribution < 1.29 is 4.74 Å². The van der Waals surface area contributed by atoms with E-state index in [0.717, 1.165) is 31.4 Å². The maximum Gasteiger partial charge on any atom is 0.191 e. The van der Waals surface area contributed by atoms with E-state index < -0.39 is 0 Å². The number of aliphatic imine (C=N–C) groups is 1. The van der Waals surface area contributed by atoms with Crippen LogP contribution >= 0.6 is 0 Å². The standard InChI is InChI=1S/C21H33N3O/c1-3-16-9-11-19(12-10-16)24-21(22-2)23-15-18-13-14-25-20(18)17-7-5-4-6-8-17/h4-8,16,18-20H,3,9-15H2,1-2H3,(H2,22,23,24). The van der Waals surface area contributed by atoms with Crippen LogP contribution in [0.25, 0.3) is 0 Å². The van der Waals surface area contributed by atoms with E-state index in [1.807, 2.05) is 7.05 Å². The molecule has 0 bridgehead atoms. The monoisotopic (exact) mass is 343 g/mol. The minimum Gasteiger partial charge on any atom is -0.373 e. The summed E-state index contributed by atoms with van der Waals surface area (Å²) in [6, 6.07) is 11.2. The van der Waals surface area contributed by atoms with Crippen LogP contribution in [0.2, 0.25) is 0 Å². The fourth-order valence-corrected chi connectivity index (χ4v) is 4.18. The molecule has 3 rings (SSSR count). The van der Waals surface area contributed by atoms with Crippen LogP contribution in [-0.2, 0) is 4.74 Å². The first-order valence-electron chi connectivity index (χ1n) is 9.93. The van der Waals surface area contributed by atoms with Crippen LogP contribution in [0.1, 0.15) is 57.1 Å². The molecule has 0 aromatic heterocycles. The van der Waals surface area contributed by atoms with Gasteiger partial charge in [-0.2, -0.15) is 0 Å². The summed E-state index contributed by atoms with van der Waals surface area (Å²) in [6.45, 7) is 4.06. The lowest BCUT2D eigenvalue weighted by Crippen LogP contribution is -2.46. The fraction of sp³-hybridized carbons (Fsp3) is 0.667. The molecule has 2 atom stereocenters. The molecule has 1 aliphatic carbocycles. The molecular weight excluding hydrogens is 310 g/mol. The zero-order valence-electron chi connectivity index (χ0n) is 15.7. The summed E-state index contributed by atoms with van der Waals surface area (Å²) in [5.41, 5.74) is 1.28. The van der Waals surface area contributed by atoms with Gasteiger partial charge in [-0.15, -0.1) is 0 Å². The van der Waals surface area contributed by atoms with Crippen LogP contribution in [0.5, 0.6) is 0 Å². The summed E-state index contributed by atoms with van der Waals surface area (Å²) in [5, 5.41) is 7.17. The smallest absolute Gasteiger partial charge is 0.191 e. The van der Waals surface area contributed by atoms with Crippen LogP contribution in [0.4, 0.5) is 0 Å². The molecular formula is C21H33N3O. The second-order valence-corrected chi connectivity index (χ2v) is 7.47. The Bertz CT molecular complexity index is 537. The highest BCUT2D eigenvalue weighted by molar-refractivity contribution is 5.79. The first kappa shape index (κ1) is 18.2. The minimum atomic E-state index is 0.201. The summed E-state index contributed by atoms with van der Waals surface area (Å²) in [7, 11) is 1.87. The molecule has 2 fully saturated rings. The average Bonchev–Trinajstić information content (AvgIpc) is 3.15. The van der Waals surface area contributed by atoms with E-state index in [1.54, 1.807) is 0 Å². The maximum atomic E-state index is 5.99. The predicted octanol–water partition coefficient (Wildman–Crippen LogP) is 3.90. The number of hydrogen-bond donors (Lipinski definition) is 2. The lowest BCUT2D eigenvalue weighted by atomic mass is 9.84. The van der Waals surface area contributed by atoms with E-state index >= 15 is 0 Å². The maximum absolute atomic E-state index is 5.99. The largest absolute Gasteiger partial charge is 0.373 e. The molecule has 138 valence electrons. The summed E-state index contributed by atoms with van der Waals surface area (Å²) in [5.74, 6) is 2.37. The Hall–Kier alpha value is -1.55. The lowest BCUT2D eigenvalue weighted by Gasteiger charge is -2.30. The van der Waals surface area contributed by atoms with E-state index in [2.05, 4.69) is 52.9 Å². The van der Waals surface area contributed by atoms with Gasteiger partial charge < -0.3 is 15.4 Å². The van der Waals surface area contributed by atoms with E-state index in [4.69, 9.17) is 4.74 Å². The Morgan fingerprint density at radius 3 is 2.56 bits per heavy atom. The second-order valence-electron chi connectivity index (χ2n) is 7.47. The third kappa shape index (κ3) is 4.97. The zero-order chi connectivity index (χ0) is 17.5. The van der Waals surface area contributed by atoms with Gasteiger partial charge in [0.25, 0.3) is 0 Å². The molecule has 4 heteroatoms. The van der Waals surface area contributed by atoms with E-state index in [1.165, 1.54) is 37.7 Å². The molecule has 2 unspecified atom stereocenters. The van der Waals surface area contributed by atoms with Crippen molar-refractivity contribution in [3.63, 3.8) is 0 Å². The second kappa shape index (κ2) is 9.23. The van der Waals surface area contributed by atoms with Crippen molar-refractivity contribution in [3.8, 4) is 0 Å². The fourth-order valence-electron chi connectivity index (χ4n) is 4.18. The number of ether oxygens (including phenoxy) is 1. The van der Waals surface area contributed by atoms with Crippen LogP contribution in [0.3, 0.4) is 0 Å². The zero-order valence-corrected chi connectivity index (χ0v) is 15.7.